The zero-order chi connectivity index (χ0) is 15.5. The number of benzene rings is 1. The summed E-state index contributed by atoms with van der Waals surface area (Å²) in [6.45, 7) is 9.27. The third kappa shape index (κ3) is 4.24. The molecule has 1 saturated heterocycles. The first-order valence-electron chi connectivity index (χ1n) is 7.57. The Morgan fingerprint density at radius 1 is 1.38 bits per heavy atom. The zero-order valence-electron chi connectivity index (χ0n) is 13.5. The lowest BCUT2D eigenvalue weighted by Crippen LogP contribution is -2.46. The Balaban J connectivity index is 2.28. The standard InChI is InChI=1S/C17H26N2OS/c1-17(2,3)12-19(13-9-10-18-11-13)16(20)14-7-5-6-8-15(14)21-4/h5-8,13,18H,9-12H2,1-4H3. The van der Waals surface area contributed by atoms with Crippen LogP contribution < -0.4 is 5.32 Å². The molecule has 0 bridgehead atoms. The number of carbonyl (C=O) groups is 1. The summed E-state index contributed by atoms with van der Waals surface area (Å²) in [5, 5.41) is 3.37. The fraction of sp³-hybridized carbons (Fsp3) is 0.588. The van der Waals surface area contributed by atoms with E-state index >= 15 is 0 Å². The second kappa shape index (κ2) is 6.84. The van der Waals surface area contributed by atoms with Gasteiger partial charge in [0.15, 0.2) is 0 Å². The van der Waals surface area contributed by atoms with Crippen LogP contribution in [0, 0.1) is 5.41 Å². The molecule has 1 unspecified atom stereocenters. The largest absolute Gasteiger partial charge is 0.334 e. The molecule has 21 heavy (non-hydrogen) atoms. The van der Waals surface area contributed by atoms with Crippen LogP contribution >= 0.6 is 11.8 Å². The summed E-state index contributed by atoms with van der Waals surface area (Å²) in [5.41, 5.74) is 0.938. The molecule has 0 saturated carbocycles. The molecule has 1 atom stereocenters. The van der Waals surface area contributed by atoms with E-state index in [2.05, 4.69) is 31.0 Å². The summed E-state index contributed by atoms with van der Waals surface area (Å²) < 4.78 is 0. The normalized spacial score (nSPS) is 18.8. The molecule has 1 aromatic carbocycles. The number of nitrogens with one attached hydrogen (secondary N) is 1. The summed E-state index contributed by atoms with van der Waals surface area (Å²) in [5.74, 6) is 0.170. The van der Waals surface area contributed by atoms with Gasteiger partial charge in [0.05, 0.1) is 5.56 Å². The lowest BCUT2D eigenvalue weighted by atomic mass is 9.94. The van der Waals surface area contributed by atoms with Gasteiger partial charge in [-0.15, -0.1) is 11.8 Å². The minimum Gasteiger partial charge on any atom is -0.334 e. The summed E-state index contributed by atoms with van der Waals surface area (Å²) in [4.78, 5) is 16.2. The van der Waals surface area contributed by atoms with Gasteiger partial charge in [-0.25, -0.2) is 0 Å². The molecule has 4 heteroatoms. The third-order valence-electron chi connectivity index (χ3n) is 3.72. The van der Waals surface area contributed by atoms with E-state index < -0.39 is 0 Å². The molecular formula is C17H26N2OS. The molecule has 1 fully saturated rings. The van der Waals surface area contributed by atoms with Crippen molar-refractivity contribution in [1.82, 2.24) is 10.2 Å². The van der Waals surface area contributed by atoms with E-state index in [9.17, 15) is 4.79 Å². The molecule has 2 rings (SSSR count). The van der Waals surface area contributed by atoms with E-state index in [1.807, 2.05) is 30.5 Å². The highest BCUT2D eigenvalue weighted by molar-refractivity contribution is 7.98. The van der Waals surface area contributed by atoms with E-state index in [0.717, 1.165) is 36.5 Å². The Kier molecular flexibility index (Phi) is 5.33. The molecule has 1 aromatic rings. The number of carbonyl (C=O) groups excluding carboxylic acids is 1. The van der Waals surface area contributed by atoms with Gasteiger partial charge in [-0.3, -0.25) is 4.79 Å². The lowest BCUT2D eigenvalue weighted by Gasteiger charge is -2.34. The van der Waals surface area contributed by atoms with Crippen molar-refractivity contribution < 1.29 is 4.79 Å². The van der Waals surface area contributed by atoms with Crippen LogP contribution in [-0.2, 0) is 0 Å². The SMILES string of the molecule is CSc1ccccc1C(=O)N(CC(C)(C)C)C1CCNC1. The molecule has 0 spiro atoms. The van der Waals surface area contributed by atoms with E-state index in [1.54, 1.807) is 11.8 Å². The van der Waals surface area contributed by atoms with Crippen LogP contribution in [-0.4, -0.2) is 42.7 Å². The van der Waals surface area contributed by atoms with E-state index in [-0.39, 0.29) is 11.3 Å². The van der Waals surface area contributed by atoms with Crippen LogP contribution in [0.2, 0.25) is 0 Å². The Labute approximate surface area is 132 Å². The van der Waals surface area contributed by atoms with Crippen LogP contribution in [0.1, 0.15) is 37.6 Å². The van der Waals surface area contributed by atoms with Gasteiger partial charge in [-0.2, -0.15) is 0 Å². The summed E-state index contributed by atoms with van der Waals surface area (Å²) >= 11 is 1.64. The van der Waals surface area contributed by atoms with Crippen LogP contribution in [0.25, 0.3) is 0 Å². The average Bonchev–Trinajstić information content (AvgIpc) is 2.97. The fourth-order valence-corrected chi connectivity index (χ4v) is 3.35. The first kappa shape index (κ1) is 16.4. The minimum atomic E-state index is 0.104. The Morgan fingerprint density at radius 3 is 2.67 bits per heavy atom. The third-order valence-corrected chi connectivity index (χ3v) is 4.51. The molecule has 0 aromatic heterocycles. The maximum absolute atomic E-state index is 13.1. The second-order valence-electron chi connectivity index (χ2n) is 6.84. The molecule has 1 N–H and O–H groups in total. The monoisotopic (exact) mass is 306 g/mol. The molecule has 3 nitrogen and oxygen atoms in total. The van der Waals surface area contributed by atoms with Gasteiger partial charge in [-0.05, 0) is 36.8 Å². The van der Waals surface area contributed by atoms with Crippen LogP contribution in [0.4, 0.5) is 0 Å². The number of rotatable bonds is 4. The van der Waals surface area contributed by atoms with Gasteiger partial charge in [-0.1, -0.05) is 32.9 Å². The predicted molar refractivity (Wildman–Crippen MR) is 90.0 cm³/mol. The smallest absolute Gasteiger partial charge is 0.255 e. The van der Waals surface area contributed by atoms with Crippen molar-refractivity contribution in [2.75, 3.05) is 25.9 Å². The highest BCUT2D eigenvalue weighted by Gasteiger charge is 2.31. The van der Waals surface area contributed by atoms with Crippen LogP contribution in [0.3, 0.4) is 0 Å². The van der Waals surface area contributed by atoms with Crippen molar-refractivity contribution in [3.05, 3.63) is 29.8 Å². The van der Waals surface area contributed by atoms with Crippen LogP contribution in [0.15, 0.2) is 29.2 Å². The van der Waals surface area contributed by atoms with Crippen molar-refractivity contribution in [3.8, 4) is 0 Å². The van der Waals surface area contributed by atoms with Gasteiger partial charge in [0.1, 0.15) is 0 Å². The van der Waals surface area contributed by atoms with Gasteiger partial charge >= 0.3 is 0 Å². The van der Waals surface area contributed by atoms with Gasteiger partial charge in [0, 0.05) is 24.0 Å². The quantitative estimate of drug-likeness (QED) is 0.867. The molecule has 0 aliphatic carbocycles. The first-order chi connectivity index (χ1) is 9.92. The zero-order valence-corrected chi connectivity index (χ0v) is 14.3. The van der Waals surface area contributed by atoms with Crippen molar-refractivity contribution in [3.63, 3.8) is 0 Å². The lowest BCUT2D eigenvalue weighted by molar-refractivity contribution is 0.0611. The highest BCUT2D eigenvalue weighted by Crippen LogP contribution is 2.26. The summed E-state index contributed by atoms with van der Waals surface area (Å²) in [6.07, 6.45) is 3.07. The topological polar surface area (TPSA) is 32.3 Å². The van der Waals surface area contributed by atoms with Crippen molar-refractivity contribution in [1.29, 1.82) is 0 Å². The molecule has 1 heterocycles. The van der Waals surface area contributed by atoms with E-state index in [0.29, 0.717) is 6.04 Å². The van der Waals surface area contributed by atoms with Gasteiger partial charge in [0.2, 0.25) is 0 Å². The van der Waals surface area contributed by atoms with Crippen molar-refractivity contribution in [2.24, 2.45) is 5.41 Å². The average molecular weight is 306 g/mol. The van der Waals surface area contributed by atoms with Gasteiger partial charge < -0.3 is 10.2 Å². The second-order valence-corrected chi connectivity index (χ2v) is 7.69. The summed E-state index contributed by atoms with van der Waals surface area (Å²) in [7, 11) is 0. The Bertz CT molecular complexity index is 490. The fourth-order valence-electron chi connectivity index (χ4n) is 2.76. The molecule has 0 radical (unpaired) electrons. The highest BCUT2D eigenvalue weighted by atomic mass is 32.2. The number of thioether (sulfide) groups is 1. The maximum Gasteiger partial charge on any atom is 0.255 e. The summed E-state index contributed by atoms with van der Waals surface area (Å²) in [6, 6.07) is 8.24. The minimum absolute atomic E-state index is 0.104. The van der Waals surface area contributed by atoms with Crippen molar-refractivity contribution >= 4 is 17.7 Å². The number of hydrogen-bond donors (Lipinski definition) is 1. The van der Waals surface area contributed by atoms with Gasteiger partial charge in [0.25, 0.3) is 5.91 Å². The van der Waals surface area contributed by atoms with E-state index in [1.165, 1.54) is 0 Å². The molecular weight excluding hydrogens is 280 g/mol. The Morgan fingerprint density at radius 2 is 2.10 bits per heavy atom. The predicted octanol–water partition coefficient (Wildman–Crippen LogP) is 3.26. The first-order valence-corrected chi connectivity index (χ1v) is 8.79. The maximum atomic E-state index is 13.1. The number of nitrogens with zero attached hydrogens (tertiary/aromatic N) is 1. The molecule has 116 valence electrons. The van der Waals surface area contributed by atoms with Crippen LogP contribution in [0.5, 0.6) is 0 Å². The molecule has 1 amide bonds. The number of hydrogen-bond acceptors (Lipinski definition) is 3. The molecule has 1 aliphatic rings. The Hall–Kier alpha value is -1.00. The van der Waals surface area contributed by atoms with E-state index in [4.69, 9.17) is 0 Å². The molecule has 1 aliphatic heterocycles. The van der Waals surface area contributed by atoms with Crippen molar-refractivity contribution in [2.45, 2.75) is 38.1 Å². The number of amides is 1.